The van der Waals surface area contributed by atoms with Crippen LogP contribution in [0.1, 0.15) is 33.6 Å². The molecule has 112 valence electrons. The summed E-state index contributed by atoms with van der Waals surface area (Å²) in [6.45, 7) is 13.7. The van der Waals surface area contributed by atoms with E-state index in [4.69, 9.17) is 9.47 Å². The number of morpholine rings is 1. The first-order valence-corrected chi connectivity index (χ1v) is 7.74. The highest BCUT2D eigenvalue weighted by molar-refractivity contribution is 4.89. The van der Waals surface area contributed by atoms with Gasteiger partial charge in [-0.05, 0) is 25.2 Å². The average molecular weight is 270 g/mol. The van der Waals surface area contributed by atoms with Gasteiger partial charge in [-0.15, -0.1) is 0 Å². The summed E-state index contributed by atoms with van der Waals surface area (Å²) in [5.74, 6) is 0. The quantitative estimate of drug-likeness (QED) is 0.821. The Morgan fingerprint density at radius 2 is 1.95 bits per heavy atom. The van der Waals surface area contributed by atoms with E-state index in [1.807, 2.05) is 0 Å². The Morgan fingerprint density at radius 1 is 1.21 bits per heavy atom. The SMILES string of the molecule is CC(C)NCC1(CN2CCOCC2C)CCOCC1. The molecule has 0 aromatic rings. The molecule has 0 radical (unpaired) electrons. The van der Waals surface area contributed by atoms with Crippen molar-refractivity contribution in [3.63, 3.8) is 0 Å². The molecule has 4 nitrogen and oxygen atoms in total. The summed E-state index contributed by atoms with van der Waals surface area (Å²) < 4.78 is 11.1. The van der Waals surface area contributed by atoms with Crippen LogP contribution in [0.5, 0.6) is 0 Å². The number of nitrogens with one attached hydrogen (secondary N) is 1. The van der Waals surface area contributed by atoms with Gasteiger partial charge in [-0.25, -0.2) is 0 Å². The zero-order valence-electron chi connectivity index (χ0n) is 12.8. The third-order valence-electron chi connectivity index (χ3n) is 4.48. The van der Waals surface area contributed by atoms with Crippen LogP contribution in [0.2, 0.25) is 0 Å². The van der Waals surface area contributed by atoms with Crippen molar-refractivity contribution in [2.24, 2.45) is 5.41 Å². The zero-order chi connectivity index (χ0) is 13.7. The van der Waals surface area contributed by atoms with Crippen LogP contribution in [-0.4, -0.2) is 63.0 Å². The second-order valence-electron chi connectivity index (χ2n) is 6.54. The predicted octanol–water partition coefficient (Wildman–Crippen LogP) is 1.50. The summed E-state index contributed by atoms with van der Waals surface area (Å²) in [6, 6.07) is 1.11. The average Bonchev–Trinajstić information content (AvgIpc) is 2.41. The van der Waals surface area contributed by atoms with E-state index in [2.05, 4.69) is 31.0 Å². The van der Waals surface area contributed by atoms with Crippen LogP contribution in [0.4, 0.5) is 0 Å². The van der Waals surface area contributed by atoms with Gasteiger partial charge >= 0.3 is 0 Å². The highest BCUT2D eigenvalue weighted by atomic mass is 16.5. The first-order valence-electron chi connectivity index (χ1n) is 7.74. The molecule has 0 aliphatic carbocycles. The smallest absolute Gasteiger partial charge is 0.0619 e. The molecule has 2 heterocycles. The summed E-state index contributed by atoms with van der Waals surface area (Å²) in [6.07, 6.45) is 2.35. The van der Waals surface area contributed by atoms with Gasteiger partial charge in [0.25, 0.3) is 0 Å². The van der Waals surface area contributed by atoms with E-state index in [9.17, 15) is 0 Å². The molecule has 1 N–H and O–H groups in total. The fraction of sp³-hybridized carbons (Fsp3) is 1.00. The fourth-order valence-corrected chi connectivity index (χ4v) is 3.04. The molecule has 0 aromatic carbocycles. The molecule has 2 fully saturated rings. The fourth-order valence-electron chi connectivity index (χ4n) is 3.04. The lowest BCUT2D eigenvalue weighted by Crippen LogP contribution is -2.53. The van der Waals surface area contributed by atoms with Crippen LogP contribution in [0, 0.1) is 5.41 Å². The van der Waals surface area contributed by atoms with Crippen molar-refractivity contribution in [1.82, 2.24) is 10.2 Å². The third-order valence-corrected chi connectivity index (χ3v) is 4.48. The number of ether oxygens (including phenoxy) is 2. The molecular weight excluding hydrogens is 240 g/mol. The van der Waals surface area contributed by atoms with E-state index in [1.54, 1.807) is 0 Å². The van der Waals surface area contributed by atoms with Crippen LogP contribution in [0.15, 0.2) is 0 Å². The highest BCUT2D eigenvalue weighted by Crippen LogP contribution is 2.32. The predicted molar refractivity (Wildman–Crippen MR) is 77.5 cm³/mol. The Kier molecular flexibility index (Phi) is 5.63. The molecule has 1 atom stereocenters. The van der Waals surface area contributed by atoms with Gasteiger partial charge in [0.15, 0.2) is 0 Å². The van der Waals surface area contributed by atoms with Crippen molar-refractivity contribution in [2.45, 2.75) is 45.7 Å². The van der Waals surface area contributed by atoms with E-state index >= 15 is 0 Å². The van der Waals surface area contributed by atoms with Crippen molar-refractivity contribution in [2.75, 3.05) is 46.1 Å². The molecule has 1 unspecified atom stereocenters. The summed E-state index contributed by atoms with van der Waals surface area (Å²) in [5.41, 5.74) is 0.383. The normalized spacial score (nSPS) is 28.7. The van der Waals surface area contributed by atoms with Gasteiger partial charge in [-0.1, -0.05) is 13.8 Å². The molecule has 0 saturated carbocycles. The Morgan fingerprint density at radius 3 is 2.58 bits per heavy atom. The van der Waals surface area contributed by atoms with Crippen molar-refractivity contribution in [3.05, 3.63) is 0 Å². The highest BCUT2D eigenvalue weighted by Gasteiger charge is 2.36. The molecule has 4 heteroatoms. The Bertz CT molecular complexity index is 265. The molecule has 2 rings (SSSR count). The molecule has 0 bridgehead atoms. The lowest BCUT2D eigenvalue weighted by atomic mass is 9.79. The summed E-state index contributed by atoms with van der Waals surface area (Å²) in [4.78, 5) is 2.61. The van der Waals surface area contributed by atoms with Gasteiger partial charge in [0.1, 0.15) is 0 Å². The zero-order valence-corrected chi connectivity index (χ0v) is 12.8. The van der Waals surface area contributed by atoms with Crippen LogP contribution in [0.3, 0.4) is 0 Å². The maximum absolute atomic E-state index is 5.58. The van der Waals surface area contributed by atoms with E-state index in [0.717, 1.165) is 39.5 Å². The van der Waals surface area contributed by atoms with Crippen molar-refractivity contribution >= 4 is 0 Å². The van der Waals surface area contributed by atoms with Gasteiger partial charge in [0.2, 0.25) is 0 Å². The maximum atomic E-state index is 5.58. The molecule has 2 saturated heterocycles. The minimum atomic E-state index is 0.383. The van der Waals surface area contributed by atoms with Crippen molar-refractivity contribution < 1.29 is 9.47 Å². The minimum Gasteiger partial charge on any atom is -0.381 e. The maximum Gasteiger partial charge on any atom is 0.0619 e. The van der Waals surface area contributed by atoms with Crippen LogP contribution >= 0.6 is 0 Å². The first kappa shape index (κ1) is 15.2. The molecule has 0 spiro atoms. The van der Waals surface area contributed by atoms with Crippen LogP contribution in [0.25, 0.3) is 0 Å². The molecule has 0 amide bonds. The lowest BCUT2D eigenvalue weighted by molar-refractivity contribution is -0.0499. The van der Waals surface area contributed by atoms with Crippen LogP contribution in [-0.2, 0) is 9.47 Å². The topological polar surface area (TPSA) is 33.7 Å². The molecule has 0 aromatic heterocycles. The van der Waals surface area contributed by atoms with Crippen molar-refractivity contribution in [3.8, 4) is 0 Å². The van der Waals surface area contributed by atoms with E-state index < -0.39 is 0 Å². The Labute approximate surface area is 117 Å². The monoisotopic (exact) mass is 270 g/mol. The number of nitrogens with zero attached hydrogens (tertiary/aromatic N) is 1. The lowest BCUT2D eigenvalue weighted by Gasteiger charge is -2.44. The molecular formula is C15H30N2O2. The van der Waals surface area contributed by atoms with E-state index in [0.29, 0.717) is 17.5 Å². The minimum absolute atomic E-state index is 0.383. The van der Waals surface area contributed by atoms with Crippen LogP contribution < -0.4 is 5.32 Å². The van der Waals surface area contributed by atoms with Gasteiger partial charge in [-0.3, -0.25) is 4.90 Å². The van der Waals surface area contributed by atoms with E-state index in [1.165, 1.54) is 19.4 Å². The molecule has 19 heavy (non-hydrogen) atoms. The Hall–Kier alpha value is -0.160. The third kappa shape index (κ3) is 4.42. The van der Waals surface area contributed by atoms with E-state index in [-0.39, 0.29) is 0 Å². The largest absolute Gasteiger partial charge is 0.381 e. The summed E-state index contributed by atoms with van der Waals surface area (Å²) >= 11 is 0. The van der Waals surface area contributed by atoms with Gasteiger partial charge in [0.05, 0.1) is 13.2 Å². The molecule has 2 aliphatic heterocycles. The first-order chi connectivity index (χ1) is 9.11. The number of hydrogen-bond donors (Lipinski definition) is 1. The van der Waals surface area contributed by atoms with Gasteiger partial charge in [0, 0.05) is 44.9 Å². The standard InChI is InChI=1S/C15H30N2O2/c1-13(2)16-11-15(4-7-18-8-5-15)12-17-6-9-19-10-14(17)3/h13-14,16H,4-12H2,1-3H3. The molecule has 2 aliphatic rings. The van der Waals surface area contributed by atoms with Gasteiger partial charge in [-0.2, -0.15) is 0 Å². The summed E-state index contributed by atoms with van der Waals surface area (Å²) in [7, 11) is 0. The second kappa shape index (κ2) is 7.02. The number of rotatable bonds is 5. The summed E-state index contributed by atoms with van der Waals surface area (Å²) in [5, 5.41) is 3.65. The van der Waals surface area contributed by atoms with Crippen molar-refractivity contribution in [1.29, 1.82) is 0 Å². The number of hydrogen-bond acceptors (Lipinski definition) is 4. The Balaban J connectivity index is 1.95. The second-order valence-corrected chi connectivity index (χ2v) is 6.54. The van der Waals surface area contributed by atoms with Gasteiger partial charge < -0.3 is 14.8 Å².